The molecule has 2 aromatic heterocycles. The van der Waals surface area contributed by atoms with Gasteiger partial charge in [-0.1, -0.05) is 103 Å². The van der Waals surface area contributed by atoms with Crippen LogP contribution in [0.25, 0.3) is 16.8 Å². The largest absolute Gasteiger partial charge is 0.462 e. The van der Waals surface area contributed by atoms with E-state index in [4.69, 9.17) is 16.3 Å². The summed E-state index contributed by atoms with van der Waals surface area (Å²) in [5, 5.41) is 4.90. The van der Waals surface area contributed by atoms with Crippen LogP contribution in [0, 0.1) is 0 Å². The van der Waals surface area contributed by atoms with Crippen molar-refractivity contribution in [2.24, 2.45) is 0 Å². The Morgan fingerprint density at radius 3 is 2.00 bits per heavy atom. The average molecular weight is 497 g/mol. The highest BCUT2D eigenvalue weighted by atomic mass is 35.5. The Hall–Kier alpha value is -4.16. The number of hydrogen-bond acceptors (Lipinski definition) is 5. The number of aromatic nitrogens is 3. The van der Waals surface area contributed by atoms with Crippen LogP contribution in [0.1, 0.15) is 28.4 Å². The molecule has 0 N–H and O–H groups in total. The maximum absolute atomic E-state index is 12.7. The zero-order valence-electron chi connectivity index (χ0n) is 19.8. The molecular weight excluding hydrogens is 472 g/mol. The first-order chi connectivity index (χ1) is 17.7. The molecule has 2 heterocycles. The number of rotatable bonds is 8. The smallest absolute Gasteiger partial charge is 0.343 e. The molecule has 0 amide bonds. The van der Waals surface area contributed by atoms with Crippen molar-refractivity contribution < 1.29 is 9.53 Å². The lowest BCUT2D eigenvalue weighted by atomic mass is 10.1. The van der Waals surface area contributed by atoms with E-state index < -0.39 is 5.97 Å². The molecule has 3 aromatic carbocycles. The first-order valence-electron chi connectivity index (χ1n) is 11.8. The van der Waals surface area contributed by atoms with Gasteiger partial charge in [0.1, 0.15) is 16.5 Å². The van der Waals surface area contributed by atoms with Crippen molar-refractivity contribution >= 4 is 29.0 Å². The molecular formula is C29H25ClN4O2. The summed E-state index contributed by atoms with van der Waals surface area (Å²) in [6.45, 7) is 3.22. The maximum Gasteiger partial charge on any atom is 0.343 e. The Morgan fingerprint density at radius 2 is 1.44 bits per heavy atom. The van der Waals surface area contributed by atoms with Crippen molar-refractivity contribution in [2.75, 3.05) is 11.5 Å². The highest BCUT2D eigenvalue weighted by Crippen LogP contribution is 2.38. The van der Waals surface area contributed by atoms with E-state index in [0.29, 0.717) is 23.9 Å². The standard InChI is InChI=1S/C29H25ClN4O2/c1-2-36-29(35)24-18-31-34-27(24)32-26(30)25(23-16-10-5-11-17-23)28(34)33(19-21-12-6-3-7-13-21)20-22-14-8-4-9-15-22/h3-18H,2,19-20H2,1H3. The number of halogens is 1. The van der Waals surface area contributed by atoms with Gasteiger partial charge in [-0.3, -0.25) is 0 Å². The van der Waals surface area contributed by atoms with Gasteiger partial charge in [-0.25, -0.2) is 9.78 Å². The van der Waals surface area contributed by atoms with Gasteiger partial charge in [0.15, 0.2) is 5.65 Å². The number of ether oxygens (including phenoxy) is 1. The van der Waals surface area contributed by atoms with Gasteiger partial charge in [0.25, 0.3) is 0 Å². The predicted octanol–water partition coefficient (Wildman–Crippen LogP) is 6.43. The van der Waals surface area contributed by atoms with Crippen LogP contribution in [0.2, 0.25) is 5.15 Å². The highest BCUT2D eigenvalue weighted by molar-refractivity contribution is 6.33. The second-order valence-corrected chi connectivity index (χ2v) is 8.67. The van der Waals surface area contributed by atoms with E-state index in [1.807, 2.05) is 66.7 Å². The third kappa shape index (κ3) is 4.81. The molecule has 0 unspecified atom stereocenters. The lowest BCUT2D eigenvalue weighted by Crippen LogP contribution is -2.26. The first kappa shape index (κ1) is 23.6. The molecule has 0 saturated carbocycles. The van der Waals surface area contributed by atoms with Crippen LogP contribution in [0.5, 0.6) is 0 Å². The Labute approximate surface area is 214 Å². The summed E-state index contributed by atoms with van der Waals surface area (Å²) in [5.41, 5.74) is 4.55. The topological polar surface area (TPSA) is 59.7 Å². The number of carbonyl (C=O) groups is 1. The van der Waals surface area contributed by atoms with Crippen molar-refractivity contribution in [1.29, 1.82) is 0 Å². The quantitative estimate of drug-likeness (QED) is 0.183. The molecule has 0 aliphatic rings. The molecule has 0 aliphatic carbocycles. The van der Waals surface area contributed by atoms with Crippen LogP contribution in [0.4, 0.5) is 5.82 Å². The zero-order valence-corrected chi connectivity index (χ0v) is 20.6. The Morgan fingerprint density at radius 1 is 0.889 bits per heavy atom. The molecule has 0 saturated heterocycles. The molecule has 36 heavy (non-hydrogen) atoms. The third-order valence-corrected chi connectivity index (χ3v) is 6.14. The zero-order chi connectivity index (χ0) is 24.9. The van der Waals surface area contributed by atoms with E-state index in [9.17, 15) is 4.79 Å². The number of nitrogens with zero attached hydrogens (tertiary/aromatic N) is 4. The number of fused-ring (bicyclic) bond motifs is 1. The summed E-state index contributed by atoms with van der Waals surface area (Å²) in [6.07, 6.45) is 1.50. The van der Waals surface area contributed by atoms with E-state index in [0.717, 1.165) is 28.1 Å². The fourth-order valence-electron chi connectivity index (χ4n) is 4.26. The van der Waals surface area contributed by atoms with E-state index in [2.05, 4.69) is 39.2 Å². The fraction of sp³-hybridized carbons (Fsp3) is 0.138. The summed E-state index contributed by atoms with van der Waals surface area (Å²) in [6, 6.07) is 30.3. The fourth-order valence-corrected chi connectivity index (χ4v) is 4.54. The Bertz CT molecular complexity index is 1430. The summed E-state index contributed by atoms with van der Waals surface area (Å²) >= 11 is 6.87. The lowest BCUT2D eigenvalue weighted by molar-refractivity contribution is 0.0528. The van der Waals surface area contributed by atoms with Gasteiger partial charge >= 0.3 is 5.97 Å². The first-order valence-corrected chi connectivity index (χ1v) is 12.2. The minimum atomic E-state index is -0.479. The number of benzene rings is 3. The summed E-state index contributed by atoms with van der Waals surface area (Å²) in [4.78, 5) is 19.5. The van der Waals surface area contributed by atoms with Gasteiger partial charge in [0.2, 0.25) is 0 Å². The van der Waals surface area contributed by atoms with Gasteiger partial charge in [0, 0.05) is 13.1 Å². The van der Waals surface area contributed by atoms with E-state index in [1.54, 1.807) is 11.4 Å². The van der Waals surface area contributed by atoms with Crippen molar-refractivity contribution in [3.05, 3.63) is 119 Å². The van der Waals surface area contributed by atoms with Crippen molar-refractivity contribution in [3.8, 4) is 11.1 Å². The molecule has 0 atom stereocenters. The SMILES string of the molecule is CCOC(=O)c1cnn2c(N(Cc3ccccc3)Cc3ccccc3)c(-c3ccccc3)c(Cl)nc12. The molecule has 180 valence electrons. The van der Waals surface area contributed by atoms with Crippen molar-refractivity contribution in [3.63, 3.8) is 0 Å². The van der Waals surface area contributed by atoms with Crippen molar-refractivity contribution in [2.45, 2.75) is 20.0 Å². The van der Waals surface area contributed by atoms with Crippen LogP contribution < -0.4 is 4.90 Å². The van der Waals surface area contributed by atoms with Crippen molar-refractivity contribution in [1.82, 2.24) is 14.6 Å². The molecule has 6 nitrogen and oxygen atoms in total. The monoisotopic (exact) mass is 496 g/mol. The highest BCUT2D eigenvalue weighted by Gasteiger charge is 2.26. The molecule has 5 aromatic rings. The van der Waals surface area contributed by atoms with Crippen LogP contribution >= 0.6 is 11.6 Å². The van der Waals surface area contributed by atoms with Crippen LogP contribution in [0.3, 0.4) is 0 Å². The molecule has 5 rings (SSSR count). The molecule has 0 fully saturated rings. The third-order valence-electron chi connectivity index (χ3n) is 5.87. The number of carbonyl (C=O) groups excluding carboxylic acids is 1. The number of esters is 1. The molecule has 0 radical (unpaired) electrons. The van der Waals surface area contributed by atoms with E-state index >= 15 is 0 Å². The van der Waals surface area contributed by atoms with Gasteiger partial charge in [-0.15, -0.1) is 0 Å². The second-order valence-electron chi connectivity index (χ2n) is 8.31. The van der Waals surface area contributed by atoms with Gasteiger partial charge < -0.3 is 9.64 Å². The average Bonchev–Trinajstić information content (AvgIpc) is 3.33. The Kier molecular flexibility index (Phi) is 6.96. The summed E-state index contributed by atoms with van der Waals surface area (Å²) < 4.78 is 6.95. The van der Waals surface area contributed by atoms with E-state index in [-0.39, 0.29) is 12.2 Å². The minimum Gasteiger partial charge on any atom is -0.462 e. The lowest BCUT2D eigenvalue weighted by Gasteiger charge is -2.28. The Balaban J connectivity index is 1.76. The minimum absolute atomic E-state index is 0.257. The summed E-state index contributed by atoms with van der Waals surface area (Å²) in [5.74, 6) is 0.270. The van der Waals surface area contributed by atoms with E-state index in [1.165, 1.54) is 6.20 Å². The second kappa shape index (κ2) is 10.6. The number of hydrogen-bond donors (Lipinski definition) is 0. The molecule has 0 spiro atoms. The van der Waals surface area contributed by atoms with Crippen LogP contribution in [-0.4, -0.2) is 27.2 Å². The van der Waals surface area contributed by atoms with Gasteiger partial charge in [-0.2, -0.15) is 9.61 Å². The van der Waals surface area contributed by atoms with Crippen LogP contribution in [-0.2, 0) is 17.8 Å². The number of anilines is 1. The predicted molar refractivity (Wildman–Crippen MR) is 142 cm³/mol. The van der Waals surface area contributed by atoms with Gasteiger partial charge in [-0.05, 0) is 23.6 Å². The molecule has 0 bridgehead atoms. The molecule has 0 aliphatic heterocycles. The summed E-state index contributed by atoms with van der Waals surface area (Å²) in [7, 11) is 0. The van der Waals surface area contributed by atoms with Crippen LogP contribution in [0.15, 0.2) is 97.2 Å². The van der Waals surface area contributed by atoms with Gasteiger partial charge in [0.05, 0.1) is 18.4 Å². The normalized spacial score (nSPS) is 10.9. The molecule has 7 heteroatoms. The maximum atomic E-state index is 12.7.